The fraction of sp³-hybridized carbons (Fsp3) is 0.900. The summed E-state index contributed by atoms with van der Waals surface area (Å²) < 4.78 is 4.56. The maximum atomic E-state index is 10.1. The molecule has 0 N–H and O–H groups in total. The molecule has 13 heavy (non-hydrogen) atoms. The number of carbonyl (C=O) groups excluding carboxylic acids is 1. The van der Waals surface area contributed by atoms with Gasteiger partial charge in [-0.05, 0) is 12.8 Å². The van der Waals surface area contributed by atoms with Crippen molar-refractivity contribution in [3.05, 3.63) is 0 Å². The molecule has 0 saturated carbocycles. The molecular formula is C10H19O3. The smallest absolute Gasteiger partial charge is 0.293 e. The predicted octanol–water partition coefficient (Wildman–Crippen LogP) is 2.32. The van der Waals surface area contributed by atoms with E-state index in [0.717, 1.165) is 32.1 Å². The average Bonchev–Trinajstić information content (AvgIpc) is 2.16. The van der Waals surface area contributed by atoms with E-state index < -0.39 is 0 Å². The lowest BCUT2D eigenvalue weighted by Gasteiger charge is -2.00. The van der Waals surface area contributed by atoms with Gasteiger partial charge in [0.15, 0.2) is 0 Å². The molecule has 0 amide bonds. The van der Waals surface area contributed by atoms with Crippen LogP contribution in [0.15, 0.2) is 0 Å². The van der Waals surface area contributed by atoms with Crippen LogP contribution in [-0.4, -0.2) is 19.7 Å². The molecule has 77 valence electrons. The van der Waals surface area contributed by atoms with Crippen molar-refractivity contribution in [3.8, 4) is 0 Å². The molecule has 1 radical (unpaired) electrons. The van der Waals surface area contributed by atoms with Crippen LogP contribution in [0.3, 0.4) is 0 Å². The van der Waals surface area contributed by atoms with Crippen molar-refractivity contribution < 1.29 is 14.6 Å². The van der Waals surface area contributed by atoms with Gasteiger partial charge in [0.2, 0.25) is 0 Å². The number of hydrogen-bond donors (Lipinski definition) is 0. The highest BCUT2D eigenvalue weighted by atomic mass is 16.5. The third-order valence-electron chi connectivity index (χ3n) is 1.97. The van der Waals surface area contributed by atoms with Crippen molar-refractivity contribution >= 4 is 6.47 Å². The molecule has 0 rings (SSSR count). The topological polar surface area (TPSA) is 46.2 Å². The maximum Gasteiger partial charge on any atom is 0.293 e. The Labute approximate surface area is 80.1 Å². The first-order valence-corrected chi connectivity index (χ1v) is 5.05. The molecule has 0 bridgehead atoms. The zero-order valence-electron chi connectivity index (χ0n) is 8.17. The maximum absolute atomic E-state index is 10.1. The second kappa shape index (κ2) is 11.4. The molecular weight excluding hydrogens is 168 g/mol. The van der Waals surface area contributed by atoms with Gasteiger partial charge in [0.25, 0.3) is 6.47 Å². The van der Waals surface area contributed by atoms with Gasteiger partial charge in [0, 0.05) is 0 Å². The van der Waals surface area contributed by atoms with Crippen LogP contribution >= 0.6 is 0 Å². The van der Waals surface area contributed by atoms with Gasteiger partial charge in [0.05, 0.1) is 13.2 Å². The van der Waals surface area contributed by atoms with Crippen molar-refractivity contribution in [2.24, 2.45) is 0 Å². The molecule has 3 nitrogen and oxygen atoms in total. The first-order chi connectivity index (χ1) is 6.41. The van der Waals surface area contributed by atoms with Crippen LogP contribution in [0.2, 0.25) is 0 Å². The van der Waals surface area contributed by atoms with Crippen LogP contribution in [0.25, 0.3) is 0 Å². The van der Waals surface area contributed by atoms with Gasteiger partial charge in [-0.1, -0.05) is 32.1 Å². The number of ether oxygens (including phenoxy) is 1. The summed E-state index contributed by atoms with van der Waals surface area (Å²) in [6.07, 6.45) is 7.49. The quantitative estimate of drug-likeness (QED) is 0.389. The van der Waals surface area contributed by atoms with Crippen molar-refractivity contribution in [3.63, 3.8) is 0 Å². The predicted molar refractivity (Wildman–Crippen MR) is 49.9 cm³/mol. The number of hydrogen-bond acceptors (Lipinski definition) is 2. The highest BCUT2D eigenvalue weighted by Gasteiger charge is 1.91. The van der Waals surface area contributed by atoms with Crippen LogP contribution in [0, 0.1) is 0 Å². The van der Waals surface area contributed by atoms with Gasteiger partial charge in [-0.2, -0.15) is 0 Å². The molecule has 0 heterocycles. The Morgan fingerprint density at radius 1 is 0.846 bits per heavy atom. The largest absolute Gasteiger partial charge is 0.468 e. The lowest BCUT2D eigenvalue weighted by Crippen LogP contribution is -1.91. The average molecular weight is 187 g/mol. The Hall–Kier alpha value is -0.570. The highest BCUT2D eigenvalue weighted by molar-refractivity contribution is 5.36. The molecule has 0 atom stereocenters. The van der Waals surface area contributed by atoms with Crippen molar-refractivity contribution in [1.82, 2.24) is 0 Å². The monoisotopic (exact) mass is 187 g/mol. The van der Waals surface area contributed by atoms with Gasteiger partial charge >= 0.3 is 0 Å². The lowest BCUT2D eigenvalue weighted by atomic mass is 10.1. The molecule has 0 fully saturated rings. The summed E-state index contributed by atoms with van der Waals surface area (Å²) in [6, 6.07) is 0. The molecule has 0 aliphatic heterocycles. The Morgan fingerprint density at radius 3 is 1.92 bits per heavy atom. The normalized spacial score (nSPS) is 9.92. The van der Waals surface area contributed by atoms with E-state index in [0.29, 0.717) is 13.1 Å². The van der Waals surface area contributed by atoms with E-state index in [4.69, 9.17) is 0 Å². The standard InChI is InChI=1S/C10H19O3/c11-8-6-4-2-1-3-5-7-9-13-10-12/h10H,1-9H2. The molecule has 0 spiro atoms. The van der Waals surface area contributed by atoms with Crippen molar-refractivity contribution in [1.29, 1.82) is 0 Å². The van der Waals surface area contributed by atoms with E-state index in [9.17, 15) is 9.90 Å². The zero-order chi connectivity index (χ0) is 9.78. The Balaban J connectivity index is 2.79. The summed E-state index contributed by atoms with van der Waals surface area (Å²) in [7, 11) is 0. The minimum Gasteiger partial charge on any atom is -0.468 e. The zero-order valence-corrected chi connectivity index (χ0v) is 8.17. The van der Waals surface area contributed by atoms with E-state index in [2.05, 4.69) is 4.74 Å². The lowest BCUT2D eigenvalue weighted by molar-refractivity contribution is -0.128. The summed E-state index contributed by atoms with van der Waals surface area (Å²) in [6.45, 7) is 1.10. The SMILES string of the molecule is [O]CCCCCCCCCOC=O. The minimum atomic E-state index is 0.0627. The molecule has 3 heteroatoms. The van der Waals surface area contributed by atoms with Gasteiger partial charge in [-0.3, -0.25) is 4.79 Å². The Kier molecular flexibility index (Phi) is 10.9. The van der Waals surface area contributed by atoms with E-state index in [1.807, 2.05) is 0 Å². The second-order valence-corrected chi connectivity index (χ2v) is 3.15. The number of carbonyl (C=O) groups is 1. The molecule has 0 aromatic rings. The van der Waals surface area contributed by atoms with Crippen LogP contribution in [0.5, 0.6) is 0 Å². The van der Waals surface area contributed by atoms with Crippen LogP contribution < -0.4 is 0 Å². The van der Waals surface area contributed by atoms with Gasteiger partial charge in [0.1, 0.15) is 0 Å². The first-order valence-electron chi connectivity index (χ1n) is 5.05. The molecule has 0 unspecified atom stereocenters. The van der Waals surface area contributed by atoms with E-state index in [1.54, 1.807) is 0 Å². The minimum absolute atomic E-state index is 0.0627. The van der Waals surface area contributed by atoms with Gasteiger partial charge in [-0.25, -0.2) is 5.11 Å². The summed E-state index contributed by atoms with van der Waals surface area (Å²) in [5.41, 5.74) is 0. The third kappa shape index (κ3) is 11.4. The van der Waals surface area contributed by atoms with Crippen LogP contribution in [0.1, 0.15) is 44.9 Å². The molecule has 0 saturated heterocycles. The summed E-state index contributed by atoms with van der Waals surface area (Å²) in [5.74, 6) is 0. The van der Waals surface area contributed by atoms with E-state index in [-0.39, 0.29) is 6.61 Å². The first kappa shape index (κ1) is 12.4. The molecule has 0 aromatic carbocycles. The third-order valence-corrected chi connectivity index (χ3v) is 1.97. The fourth-order valence-corrected chi connectivity index (χ4v) is 1.22. The number of unbranched alkanes of at least 4 members (excludes halogenated alkanes) is 6. The highest BCUT2D eigenvalue weighted by Crippen LogP contribution is 2.06. The number of rotatable bonds is 10. The molecule has 0 aliphatic rings. The summed E-state index contributed by atoms with van der Waals surface area (Å²) in [4.78, 5) is 9.76. The molecule has 0 aromatic heterocycles. The van der Waals surface area contributed by atoms with E-state index >= 15 is 0 Å². The molecule has 0 aliphatic carbocycles. The van der Waals surface area contributed by atoms with Crippen molar-refractivity contribution in [2.45, 2.75) is 44.9 Å². The van der Waals surface area contributed by atoms with Gasteiger partial charge in [-0.15, -0.1) is 0 Å². The summed E-state index contributed by atoms with van der Waals surface area (Å²) >= 11 is 0. The van der Waals surface area contributed by atoms with Crippen LogP contribution in [0.4, 0.5) is 0 Å². The second-order valence-electron chi connectivity index (χ2n) is 3.15. The Morgan fingerprint density at radius 2 is 1.38 bits per heavy atom. The van der Waals surface area contributed by atoms with Crippen molar-refractivity contribution in [2.75, 3.05) is 13.2 Å². The summed E-state index contributed by atoms with van der Waals surface area (Å²) in [5, 5.41) is 10.1. The van der Waals surface area contributed by atoms with Gasteiger partial charge < -0.3 is 4.74 Å². The van der Waals surface area contributed by atoms with Crippen LogP contribution in [-0.2, 0) is 14.6 Å². The van der Waals surface area contributed by atoms with E-state index in [1.165, 1.54) is 12.8 Å². The fourth-order valence-electron chi connectivity index (χ4n) is 1.22. The Bertz CT molecular complexity index is 104.